The largest absolute Gasteiger partial charge is 0.331 e. The van der Waals surface area contributed by atoms with E-state index >= 15 is 0 Å². The van der Waals surface area contributed by atoms with Crippen LogP contribution in [-0.2, 0) is 6.42 Å². The molecule has 0 aliphatic carbocycles. The van der Waals surface area contributed by atoms with Crippen LogP contribution in [0.2, 0.25) is 5.02 Å². The Balaban J connectivity index is 1.41. The Hall–Kier alpha value is -2.70. The van der Waals surface area contributed by atoms with Crippen LogP contribution in [0.4, 0.5) is 10.8 Å². The molecule has 27 heavy (non-hydrogen) atoms. The van der Waals surface area contributed by atoms with Gasteiger partial charge in [0.25, 0.3) is 11.8 Å². The van der Waals surface area contributed by atoms with Gasteiger partial charge in [0.2, 0.25) is 0 Å². The zero-order chi connectivity index (χ0) is 19.0. The lowest BCUT2D eigenvalue weighted by Gasteiger charge is -2.12. The highest BCUT2D eigenvalue weighted by Gasteiger charge is 2.34. The molecule has 1 aromatic heterocycles. The van der Waals surface area contributed by atoms with Crippen LogP contribution < -0.4 is 5.32 Å². The summed E-state index contributed by atoms with van der Waals surface area (Å²) in [5, 5.41) is 6.59. The van der Waals surface area contributed by atoms with Crippen LogP contribution >= 0.6 is 22.9 Å². The van der Waals surface area contributed by atoms with Gasteiger partial charge in [-0.15, -0.1) is 11.3 Å². The summed E-state index contributed by atoms with van der Waals surface area (Å²) in [6, 6.07) is 12.7. The first-order chi connectivity index (χ1) is 13.0. The number of carbonyl (C=O) groups excluding carboxylic acids is 2. The minimum Gasteiger partial charge on any atom is -0.331 e. The van der Waals surface area contributed by atoms with E-state index in [1.54, 1.807) is 24.3 Å². The van der Waals surface area contributed by atoms with E-state index in [-0.39, 0.29) is 11.8 Å². The summed E-state index contributed by atoms with van der Waals surface area (Å²) < 4.78 is 0. The Morgan fingerprint density at radius 3 is 2.48 bits per heavy atom. The maximum atomic E-state index is 12.4. The number of thiazole rings is 1. The molecule has 2 heterocycles. The van der Waals surface area contributed by atoms with Crippen molar-refractivity contribution in [3.05, 3.63) is 75.3 Å². The number of nitrogens with zero attached hydrogens (tertiary/aromatic N) is 2. The number of amides is 2. The summed E-state index contributed by atoms with van der Waals surface area (Å²) in [6.07, 6.45) is 0.512. The first kappa shape index (κ1) is 17.7. The highest BCUT2D eigenvalue weighted by atomic mass is 35.5. The van der Waals surface area contributed by atoms with E-state index in [0.717, 1.165) is 22.1 Å². The van der Waals surface area contributed by atoms with Gasteiger partial charge in [-0.2, -0.15) is 0 Å². The summed E-state index contributed by atoms with van der Waals surface area (Å²) in [7, 11) is 0. The van der Waals surface area contributed by atoms with Crippen molar-refractivity contribution < 1.29 is 9.59 Å². The van der Waals surface area contributed by atoms with Crippen molar-refractivity contribution in [1.29, 1.82) is 0 Å². The number of hydrogen-bond donors (Lipinski definition) is 1. The molecule has 0 unspecified atom stereocenters. The zero-order valence-corrected chi connectivity index (χ0v) is 16.1. The number of fused-ring (bicyclic) bond motifs is 1. The fourth-order valence-corrected chi connectivity index (χ4v) is 3.89. The first-order valence-electron chi connectivity index (χ1n) is 8.46. The van der Waals surface area contributed by atoms with Crippen molar-refractivity contribution >= 4 is 45.6 Å². The van der Waals surface area contributed by atoms with Gasteiger partial charge in [-0.3, -0.25) is 14.5 Å². The van der Waals surface area contributed by atoms with Crippen LogP contribution in [0.1, 0.15) is 32.0 Å². The number of anilines is 2. The quantitative estimate of drug-likeness (QED) is 0.634. The van der Waals surface area contributed by atoms with Gasteiger partial charge in [-0.1, -0.05) is 29.8 Å². The van der Waals surface area contributed by atoms with Gasteiger partial charge in [0.15, 0.2) is 5.13 Å². The maximum Gasteiger partial charge on any atom is 0.261 e. The molecule has 1 aliphatic heterocycles. The molecule has 1 N–H and O–H groups in total. The molecule has 4 rings (SSSR count). The number of imide groups is 1. The molecule has 0 radical (unpaired) electrons. The third-order valence-electron chi connectivity index (χ3n) is 4.44. The topological polar surface area (TPSA) is 62.3 Å². The number of carbonyl (C=O) groups is 2. The third-order valence-corrected chi connectivity index (χ3v) is 5.66. The molecule has 5 nitrogen and oxygen atoms in total. The smallest absolute Gasteiger partial charge is 0.261 e. The number of halogens is 1. The van der Waals surface area contributed by atoms with E-state index in [1.807, 2.05) is 30.5 Å². The monoisotopic (exact) mass is 397 g/mol. The molecule has 0 spiro atoms. The SMILES string of the molecule is Cc1ccc(Nc2nc(CCN3C(=O)c4ccccc4C3=O)cs2)cc1Cl. The van der Waals surface area contributed by atoms with Crippen molar-refractivity contribution in [2.24, 2.45) is 0 Å². The second-order valence-electron chi connectivity index (χ2n) is 6.29. The number of rotatable bonds is 5. The van der Waals surface area contributed by atoms with Gasteiger partial charge >= 0.3 is 0 Å². The van der Waals surface area contributed by atoms with Crippen LogP contribution in [0.15, 0.2) is 47.8 Å². The fraction of sp³-hybridized carbons (Fsp3) is 0.150. The standard InChI is InChI=1S/C20H16ClN3O2S/c1-12-6-7-13(10-17(12)21)22-20-23-14(11-27-20)8-9-24-18(25)15-4-2-3-5-16(15)19(24)26/h2-7,10-11H,8-9H2,1H3,(H,22,23). The number of benzene rings is 2. The van der Waals surface area contributed by atoms with Gasteiger partial charge < -0.3 is 5.32 Å². The van der Waals surface area contributed by atoms with Crippen LogP contribution in [0.25, 0.3) is 0 Å². The normalized spacial score (nSPS) is 13.2. The Morgan fingerprint density at radius 1 is 1.11 bits per heavy atom. The average molecular weight is 398 g/mol. The Kier molecular flexibility index (Phi) is 4.68. The molecular formula is C20H16ClN3O2S. The minimum atomic E-state index is -0.238. The van der Waals surface area contributed by atoms with Crippen molar-refractivity contribution in [3.8, 4) is 0 Å². The predicted molar refractivity (Wildman–Crippen MR) is 107 cm³/mol. The Labute approximate surface area is 165 Å². The first-order valence-corrected chi connectivity index (χ1v) is 9.71. The van der Waals surface area contributed by atoms with Crippen molar-refractivity contribution in [1.82, 2.24) is 9.88 Å². The number of hydrogen-bond acceptors (Lipinski definition) is 5. The summed E-state index contributed by atoms with van der Waals surface area (Å²) in [4.78, 5) is 30.6. The second-order valence-corrected chi connectivity index (χ2v) is 7.56. The molecular weight excluding hydrogens is 382 g/mol. The summed E-state index contributed by atoms with van der Waals surface area (Å²) >= 11 is 7.62. The van der Waals surface area contributed by atoms with Gasteiger partial charge in [-0.05, 0) is 36.8 Å². The summed E-state index contributed by atoms with van der Waals surface area (Å²) in [6.45, 7) is 2.26. The van der Waals surface area contributed by atoms with E-state index in [2.05, 4.69) is 10.3 Å². The number of aromatic nitrogens is 1. The molecule has 136 valence electrons. The van der Waals surface area contributed by atoms with Gasteiger partial charge in [0.1, 0.15) is 0 Å². The molecule has 3 aromatic rings. The molecule has 2 amide bonds. The van der Waals surface area contributed by atoms with Crippen LogP contribution in [0.3, 0.4) is 0 Å². The molecule has 0 saturated carbocycles. The van der Waals surface area contributed by atoms with E-state index < -0.39 is 0 Å². The zero-order valence-electron chi connectivity index (χ0n) is 14.5. The fourth-order valence-electron chi connectivity index (χ4n) is 2.94. The Bertz CT molecular complexity index is 1010. The van der Waals surface area contributed by atoms with Crippen LogP contribution in [0.5, 0.6) is 0 Å². The summed E-state index contributed by atoms with van der Waals surface area (Å²) in [5.74, 6) is -0.475. The second kappa shape index (κ2) is 7.13. The lowest BCUT2D eigenvalue weighted by molar-refractivity contribution is 0.0656. The maximum absolute atomic E-state index is 12.4. The highest BCUT2D eigenvalue weighted by Crippen LogP contribution is 2.26. The Morgan fingerprint density at radius 2 is 1.81 bits per heavy atom. The van der Waals surface area contributed by atoms with Gasteiger partial charge in [0, 0.05) is 29.1 Å². The molecule has 1 aliphatic rings. The molecule has 0 atom stereocenters. The lowest BCUT2D eigenvalue weighted by Crippen LogP contribution is -2.31. The van der Waals surface area contributed by atoms with E-state index in [4.69, 9.17) is 11.6 Å². The third kappa shape index (κ3) is 3.46. The predicted octanol–water partition coefficient (Wildman–Crippen LogP) is 4.69. The summed E-state index contributed by atoms with van der Waals surface area (Å²) in [5.41, 5.74) is 3.66. The molecule has 2 aromatic carbocycles. The van der Waals surface area contributed by atoms with Crippen molar-refractivity contribution in [2.75, 3.05) is 11.9 Å². The molecule has 0 bridgehead atoms. The van der Waals surface area contributed by atoms with E-state index in [1.165, 1.54) is 16.2 Å². The number of aryl methyl sites for hydroxylation is 1. The van der Waals surface area contributed by atoms with E-state index in [9.17, 15) is 9.59 Å². The van der Waals surface area contributed by atoms with Crippen molar-refractivity contribution in [2.45, 2.75) is 13.3 Å². The average Bonchev–Trinajstić information content (AvgIpc) is 3.20. The molecule has 0 fully saturated rings. The van der Waals surface area contributed by atoms with Gasteiger partial charge in [-0.25, -0.2) is 4.98 Å². The molecule has 7 heteroatoms. The molecule has 0 saturated heterocycles. The van der Waals surface area contributed by atoms with Crippen LogP contribution in [-0.4, -0.2) is 28.2 Å². The minimum absolute atomic E-state index is 0.238. The van der Waals surface area contributed by atoms with E-state index in [0.29, 0.717) is 29.1 Å². The van der Waals surface area contributed by atoms with Crippen LogP contribution in [0, 0.1) is 6.92 Å². The van der Waals surface area contributed by atoms with Crippen molar-refractivity contribution in [3.63, 3.8) is 0 Å². The number of nitrogens with one attached hydrogen (secondary N) is 1. The highest BCUT2D eigenvalue weighted by molar-refractivity contribution is 7.13. The lowest BCUT2D eigenvalue weighted by atomic mass is 10.1. The van der Waals surface area contributed by atoms with Gasteiger partial charge in [0.05, 0.1) is 16.8 Å².